The number of H-pyrrole nitrogens is 1. The van der Waals surface area contributed by atoms with Crippen molar-refractivity contribution in [1.82, 2.24) is 9.78 Å². The quantitative estimate of drug-likeness (QED) is 0.791. The molecule has 0 bridgehead atoms. The molecule has 0 atom stereocenters. The van der Waals surface area contributed by atoms with Gasteiger partial charge < -0.3 is 5.32 Å². The van der Waals surface area contributed by atoms with Crippen molar-refractivity contribution in [2.24, 2.45) is 0 Å². The van der Waals surface area contributed by atoms with Crippen molar-refractivity contribution in [3.63, 3.8) is 0 Å². The van der Waals surface area contributed by atoms with Crippen LogP contribution in [0.15, 0.2) is 41.3 Å². The third-order valence-electron chi connectivity index (χ3n) is 2.10. The Morgan fingerprint density at radius 1 is 1.31 bits per heavy atom. The third kappa shape index (κ3) is 1.88. The normalized spacial score (nSPS) is 10.1. The van der Waals surface area contributed by atoms with Crippen LogP contribution >= 0.6 is 0 Å². The Hall–Kier alpha value is -2.30. The first-order valence-electron chi connectivity index (χ1n) is 4.82. The van der Waals surface area contributed by atoms with Gasteiger partial charge in [0.15, 0.2) is 0 Å². The van der Waals surface area contributed by atoms with Crippen molar-refractivity contribution in [3.05, 3.63) is 46.9 Å². The van der Waals surface area contributed by atoms with Crippen LogP contribution < -0.4 is 10.9 Å². The van der Waals surface area contributed by atoms with Gasteiger partial charge in [-0.05, 0) is 12.1 Å². The third-order valence-corrected chi connectivity index (χ3v) is 2.10. The minimum absolute atomic E-state index is 0.247. The zero-order valence-electron chi connectivity index (χ0n) is 8.73. The van der Waals surface area contributed by atoms with Gasteiger partial charge in [-0.1, -0.05) is 18.2 Å². The number of aromatic amines is 1. The molecule has 1 aromatic heterocycles. The summed E-state index contributed by atoms with van der Waals surface area (Å²) in [5, 5.41) is 5.24. The molecule has 0 aliphatic rings. The predicted octanol–water partition coefficient (Wildman–Crippen LogP) is 1.12. The van der Waals surface area contributed by atoms with Crippen LogP contribution in [0.25, 0.3) is 5.69 Å². The SMILES string of the molecule is CC(=O)Nc1c[nH]n(-c2ccccc2)c1=O. The van der Waals surface area contributed by atoms with Crippen LogP contribution in [-0.4, -0.2) is 15.7 Å². The minimum atomic E-state index is -0.276. The number of hydrogen-bond acceptors (Lipinski definition) is 2. The Balaban J connectivity index is 2.42. The van der Waals surface area contributed by atoms with E-state index in [1.54, 1.807) is 12.1 Å². The number of aromatic nitrogens is 2. The molecule has 0 saturated heterocycles. The van der Waals surface area contributed by atoms with Crippen molar-refractivity contribution in [2.45, 2.75) is 6.92 Å². The molecular formula is C11H11N3O2. The van der Waals surface area contributed by atoms with Crippen LogP contribution in [0.5, 0.6) is 0 Å². The number of carbonyl (C=O) groups is 1. The molecule has 1 aromatic carbocycles. The van der Waals surface area contributed by atoms with Crippen molar-refractivity contribution in [2.75, 3.05) is 5.32 Å². The Labute approximate surface area is 91.7 Å². The molecule has 0 aliphatic carbocycles. The highest BCUT2D eigenvalue weighted by Crippen LogP contribution is 2.05. The van der Waals surface area contributed by atoms with Gasteiger partial charge in [0.05, 0.1) is 5.69 Å². The van der Waals surface area contributed by atoms with E-state index in [2.05, 4.69) is 10.4 Å². The Kier molecular flexibility index (Phi) is 2.59. The molecule has 5 nitrogen and oxygen atoms in total. The average Bonchev–Trinajstić information content (AvgIpc) is 2.61. The van der Waals surface area contributed by atoms with E-state index >= 15 is 0 Å². The van der Waals surface area contributed by atoms with Crippen molar-refractivity contribution in [3.8, 4) is 5.69 Å². The molecule has 82 valence electrons. The molecule has 2 rings (SSSR count). The van der Waals surface area contributed by atoms with Gasteiger partial charge in [0.25, 0.3) is 5.56 Å². The molecule has 0 unspecified atom stereocenters. The lowest BCUT2D eigenvalue weighted by molar-refractivity contribution is -0.114. The molecule has 0 aliphatic heterocycles. The number of amides is 1. The number of benzene rings is 1. The highest BCUT2D eigenvalue weighted by Gasteiger charge is 2.07. The zero-order chi connectivity index (χ0) is 11.5. The molecular weight excluding hydrogens is 206 g/mol. The van der Waals surface area contributed by atoms with E-state index in [1.165, 1.54) is 17.8 Å². The van der Waals surface area contributed by atoms with Gasteiger partial charge in [0.1, 0.15) is 5.69 Å². The maximum absolute atomic E-state index is 11.8. The number of carbonyl (C=O) groups excluding carboxylic acids is 1. The minimum Gasteiger partial charge on any atom is -0.320 e. The first-order valence-corrected chi connectivity index (χ1v) is 4.82. The Morgan fingerprint density at radius 2 is 2.00 bits per heavy atom. The van der Waals surface area contributed by atoms with E-state index in [1.807, 2.05) is 18.2 Å². The molecule has 5 heteroatoms. The predicted molar refractivity (Wildman–Crippen MR) is 60.7 cm³/mol. The van der Waals surface area contributed by atoms with Crippen LogP contribution in [0.2, 0.25) is 0 Å². The Morgan fingerprint density at radius 3 is 2.62 bits per heavy atom. The summed E-state index contributed by atoms with van der Waals surface area (Å²) in [7, 11) is 0. The van der Waals surface area contributed by atoms with E-state index in [0.717, 1.165) is 5.69 Å². The first-order chi connectivity index (χ1) is 7.68. The number of rotatable bonds is 2. The first kappa shape index (κ1) is 10.2. The van der Waals surface area contributed by atoms with E-state index in [0.29, 0.717) is 0 Å². The van der Waals surface area contributed by atoms with Crippen LogP contribution in [0.1, 0.15) is 6.92 Å². The number of anilines is 1. The molecule has 0 spiro atoms. The zero-order valence-corrected chi connectivity index (χ0v) is 8.73. The van der Waals surface area contributed by atoms with Gasteiger partial charge in [-0.3, -0.25) is 14.7 Å². The summed E-state index contributed by atoms with van der Waals surface area (Å²) in [4.78, 5) is 22.7. The molecule has 0 fully saturated rings. The van der Waals surface area contributed by atoms with Crippen LogP contribution in [0.3, 0.4) is 0 Å². The lowest BCUT2D eigenvalue weighted by atomic mass is 10.3. The van der Waals surface area contributed by atoms with Crippen LogP contribution in [0, 0.1) is 0 Å². The summed E-state index contributed by atoms with van der Waals surface area (Å²) in [5.74, 6) is -0.267. The van der Waals surface area contributed by atoms with Gasteiger partial charge in [-0.25, -0.2) is 4.68 Å². The maximum Gasteiger partial charge on any atom is 0.294 e. The highest BCUT2D eigenvalue weighted by atomic mass is 16.2. The molecule has 2 N–H and O–H groups in total. The monoisotopic (exact) mass is 217 g/mol. The molecule has 0 radical (unpaired) electrons. The van der Waals surface area contributed by atoms with Gasteiger partial charge in [0, 0.05) is 13.1 Å². The van der Waals surface area contributed by atoms with Crippen molar-refractivity contribution in [1.29, 1.82) is 0 Å². The summed E-state index contributed by atoms with van der Waals surface area (Å²) in [6.07, 6.45) is 1.47. The Bertz CT molecular complexity index is 554. The molecule has 1 amide bonds. The van der Waals surface area contributed by atoms with Crippen LogP contribution in [0.4, 0.5) is 5.69 Å². The summed E-state index contributed by atoms with van der Waals surface area (Å²) in [6, 6.07) is 9.14. The molecule has 16 heavy (non-hydrogen) atoms. The summed E-state index contributed by atoms with van der Waals surface area (Å²) >= 11 is 0. The second-order valence-corrected chi connectivity index (χ2v) is 3.34. The highest BCUT2D eigenvalue weighted by molar-refractivity contribution is 5.88. The van der Waals surface area contributed by atoms with Gasteiger partial charge in [0.2, 0.25) is 5.91 Å². The molecule has 1 heterocycles. The standard InChI is InChI=1S/C11H11N3O2/c1-8(15)13-10-7-12-14(11(10)16)9-5-3-2-4-6-9/h2-7,12H,1H3,(H,13,15). The van der Waals surface area contributed by atoms with Crippen molar-refractivity contribution < 1.29 is 4.79 Å². The summed E-state index contributed by atoms with van der Waals surface area (Å²) < 4.78 is 1.37. The fourth-order valence-corrected chi connectivity index (χ4v) is 1.42. The molecule has 0 saturated carbocycles. The van der Waals surface area contributed by atoms with Crippen LogP contribution in [-0.2, 0) is 4.79 Å². The maximum atomic E-state index is 11.8. The molecule has 2 aromatic rings. The number of hydrogen-bond donors (Lipinski definition) is 2. The lowest BCUT2D eigenvalue weighted by Crippen LogP contribution is -2.19. The second kappa shape index (κ2) is 4.06. The number of nitrogens with one attached hydrogen (secondary N) is 2. The van der Waals surface area contributed by atoms with Gasteiger partial charge in [-0.15, -0.1) is 0 Å². The van der Waals surface area contributed by atoms with E-state index < -0.39 is 0 Å². The van der Waals surface area contributed by atoms with E-state index in [4.69, 9.17) is 0 Å². The smallest absolute Gasteiger partial charge is 0.294 e. The fraction of sp³-hybridized carbons (Fsp3) is 0.0909. The van der Waals surface area contributed by atoms with E-state index in [-0.39, 0.29) is 17.2 Å². The fourth-order valence-electron chi connectivity index (χ4n) is 1.42. The topological polar surface area (TPSA) is 66.9 Å². The summed E-state index contributed by atoms with van der Waals surface area (Å²) in [5.41, 5.74) is 0.696. The second-order valence-electron chi connectivity index (χ2n) is 3.34. The van der Waals surface area contributed by atoms with E-state index in [9.17, 15) is 9.59 Å². The van der Waals surface area contributed by atoms with Gasteiger partial charge >= 0.3 is 0 Å². The largest absolute Gasteiger partial charge is 0.320 e. The number of nitrogens with zero attached hydrogens (tertiary/aromatic N) is 1. The lowest BCUT2D eigenvalue weighted by Gasteiger charge is -1.99. The van der Waals surface area contributed by atoms with Crippen molar-refractivity contribution >= 4 is 11.6 Å². The average molecular weight is 217 g/mol. The number of para-hydroxylation sites is 1. The van der Waals surface area contributed by atoms with Gasteiger partial charge in [-0.2, -0.15) is 0 Å². The summed E-state index contributed by atoms with van der Waals surface area (Å²) in [6.45, 7) is 1.36.